The fourth-order valence-corrected chi connectivity index (χ4v) is 3.45. The van der Waals surface area contributed by atoms with Crippen molar-refractivity contribution in [3.05, 3.63) is 53.9 Å². The molecule has 1 nitrogen and oxygen atoms in total. The second-order valence-corrected chi connectivity index (χ2v) is 5.77. The Bertz CT molecular complexity index is 425. The van der Waals surface area contributed by atoms with Crippen molar-refractivity contribution in [2.45, 2.75) is 21.3 Å². The fraction of sp³-hybridized carbons (Fsp3) is 0.154. The predicted octanol–water partition coefficient (Wildman–Crippen LogP) is 3.98. The standard InChI is InChI=1S/C13H11NS2/c1-3-10-8-15-12-5-2-6-13(7-12)16-9-11(4-1)14-10/h1-7H,8-9H2. The van der Waals surface area contributed by atoms with Gasteiger partial charge in [-0.25, -0.2) is 0 Å². The van der Waals surface area contributed by atoms with E-state index in [9.17, 15) is 0 Å². The Balaban J connectivity index is 1.98. The van der Waals surface area contributed by atoms with Gasteiger partial charge >= 0.3 is 0 Å². The average molecular weight is 245 g/mol. The number of hydrogen-bond acceptors (Lipinski definition) is 3. The Morgan fingerprint density at radius 3 is 2.00 bits per heavy atom. The summed E-state index contributed by atoms with van der Waals surface area (Å²) in [4.78, 5) is 7.31. The van der Waals surface area contributed by atoms with E-state index >= 15 is 0 Å². The summed E-state index contributed by atoms with van der Waals surface area (Å²) in [7, 11) is 0. The number of nitrogens with zero attached hydrogens (tertiary/aromatic N) is 1. The van der Waals surface area contributed by atoms with Gasteiger partial charge in [0.25, 0.3) is 0 Å². The first-order valence-electron chi connectivity index (χ1n) is 5.21. The van der Waals surface area contributed by atoms with Gasteiger partial charge in [0, 0.05) is 21.3 Å². The lowest BCUT2D eigenvalue weighted by Crippen LogP contribution is -1.94. The van der Waals surface area contributed by atoms with Gasteiger partial charge in [0.2, 0.25) is 0 Å². The van der Waals surface area contributed by atoms with Crippen molar-refractivity contribution in [1.29, 1.82) is 0 Å². The number of thioether (sulfide) groups is 2. The van der Waals surface area contributed by atoms with Crippen LogP contribution in [0.5, 0.6) is 0 Å². The van der Waals surface area contributed by atoms with Gasteiger partial charge in [0.15, 0.2) is 0 Å². The van der Waals surface area contributed by atoms with Crippen molar-refractivity contribution in [3.8, 4) is 0 Å². The highest BCUT2D eigenvalue weighted by Crippen LogP contribution is 2.30. The molecule has 0 atom stereocenters. The van der Waals surface area contributed by atoms with Crippen molar-refractivity contribution in [3.63, 3.8) is 0 Å². The van der Waals surface area contributed by atoms with Gasteiger partial charge in [-0.2, -0.15) is 0 Å². The van der Waals surface area contributed by atoms with Gasteiger partial charge in [0.1, 0.15) is 0 Å². The molecule has 0 saturated heterocycles. The molecule has 80 valence electrons. The van der Waals surface area contributed by atoms with E-state index in [1.807, 2.05) is 23.5 Å². The molecule has 0 spiro atoms. The summed E-state index contributed by atoms with van der Waals surface area (Å²) in [5, 5.41) is 0. The molecule has 0 fully saturated rings. The maximum atomic E-state index is 4.64. The average Bonchev–Trinajstić information content (AvgIpc) is 2.34. The molecule has 0 N–H and O–H groups in total. The van der Waals surface area contributed by atoms with Crippen LogP contribution in [0, 0.1) is 0 Å². The topological polar surface area (TPSA) is 12.9 Å². The van der Waals surface area contributed by atoms with E-state index < -0.39 is 0 Å². The van der Waals surface area contributed by atoms with Crippen molar-refractivity contribution in [1.82, 2.24) is 4.98 Å². The van der Waals surface area contributed by atoms with Crippen molar-refractivity contribution in [2.75, 3.05) is 0 Å². The van der Waals surface area contributed by atoms with Crippen LogP contribution >= 0.6 is 23.5 Å². The highest BCUT2D eigenvalue weighted by Gasteiger charge is 2.05. The Morgan fingerprint density at radius 2 is 1.38 bits per heavy atom. The molecule has 0 aliphatic carbocycles. The van der Waals surface area contributed by atoms with Crippen molar-refractivity contribution in [2.24, 2.45) is 0 Å². The summed E-state index contributed by atoms with van der Waals surface area (Å²) >= 11 is 3.71. The van der Waals surface area contributed by atoms with Crippen LogP contribution in [0.3, 0.4) is 0 Å². The van der Waals surface area contributed by atoms with E-state index in [0.717, 1.165) is 11.5 Å². The van der Waals surface area contributed by atoms with Crippen LogP contribution in [0.2, 0.25) is 0 Å². The minimum Gasteiger partial charge on any atom is -0.256 e. The first-order chi connectivity index (χ1) is 7.90. The summed E-state index contributed by atoms with van der Waals surface area (Å²) in [6, 6.07) is 15.0. The van der Waals surface area contributed by atoms with E-state index in [0.29, 0.717) is 0 Å². The van der Waals surface area contributed by atoms with Crippen LogP contribution < -0.4 is 0 Å². The number of aromatic nitrogens is 1. The zero-order chi connectivity index (χ0) is 10.8. The van der Waals surface area contributed by atoms with E-state index in [1.54, 1.807) is 0 Å². The number of benzene rings is 1. The van der Waals surface area contributed by atoms with E-state index in [1.165, 1.54) is 21.2 Å². The minimum atomic E-state index is 0.960. The molecule has 1 aromatic heterocycles. The SMILES string of the molecule is c1cc2cc(c1)SCc1cccc(n1)CS2. The molecule has 1 aromatic carbocycles. The molecule has 16 heavy (non-hydrogen) atoms. The van der Waals surface area contributed by atoms with Gasteiger partial charge < -0.3 is 0 Å². The van der Waals surface area contributed by atoms with Crippen LogP contribution in [-0.2, 0) is 11.5 Å². The number of hydrogen-bond donors (Lipinski definition) is 0. The number of pyridine rings is 1. The smallest absolute Gasteiger partial charge is 0.0509 e. The molecule has 0 unspecified atom stereocenters. The van der Waals surface area contributed by atoms with Gasteiger partial charge in [-0.15, -0.1) is 23.5 Å². The zero-order valence-electron chi connectivity index (χ0n) is 8.72. The molecule has 1 aliphatic rings. The monoisotopic (exact) mass is 245 g/mol. The Kier molecular flexibility index (Phi) is 2.89. The van der Waals surface area contributed by atoms with Crippen molar-refractivity contribution < 1.29 is 0 Å². The molecule has 0 radical (unpaired) electrons. The van der Waals surface area contributed by atoms with Gasteiger partial charge in [-0.1, -0.05) is 12.1 Å². The third-order valence-electron chi connectivity index (χ3n) is 2.44. The first-order valence-corrected chi connectivity index (χ1v) is 7.18. The van der Waals surface area contributed by atoms with E-state index in [4.69, 9.17) is 0 Å². The molecule has 2 heterocycles. The molecular weight excluding hydrogens is 234 g/mol. The molecular formula is C13H11NS2. The third kappa shape index (κ3) is 2.25. The molecule has 2 aromatic rings. The second kappa shape index (κ2) is 4.52. The lowest BCUT2D eigenvalue weighted by atomic mass is 10.3. The fourth-order valence-electron chi connectivity index (χ4n) is 1.66. The maximum Gasteiger partial charge on any atom is 0.0509 e. The summed E-state index contributed by atoms with van der Waals surface area (Å²) in [5.41, 5.74) is 2.35. The summed E-state index contributed by atoms with van der Waals surface area (Å²) < 4.78 is 0. The maximum absolute atomic E-state index is 4.64. The van der Waals surface area contributed by atoms with E-state index in [-0.39, 0.29) is 0 Å². The summed E-state index contributed by atoms with van der Waals surface area (Å²) in [6.45, 7) is 0. The van der Waals surface area contributed by atoms with Crippen molar-refractivity contribution >= 4 is 23.5 Å². The van der Waals surface area contributed by atoms with Gasteiger partial charge in [0.05, 0.1) is 11.4 Å². The molecule has 1 aliphatic heterocycles. The Morgan fingerprint density at radius 1 is 0.812 bits per heavy atom. The number of rotatable bonds is 0. The summed E-state index contributed by atoms with van der Waals surface area (Å²) in [5.74, 6) is 1.92. The summed E-state index contributed by atoms with van der Waals surface area (Å²) in [6.07, 6.45) is 0. The Hall–Kier alpha value is -0.930. The minimum absolute atomic E-state index is 0.960. The van der Waals surface area contributed by atoms with Crippen LogP contribution in [0.4, 0.5) is 0 Å². The molecule has 3 rings (SSSR count). The lowest BCUT2D eigenvalue weighted by molar-refractivity contribution is 1.09. The third-order valence-corrected chi connectivity index (χ3v) is 4.50. The van der Waals surface area contributed by atoms with Crippen LogP contribution in [0.25, 0.3) is 0 Å². The highest BCUT2D eigenvalue weighted by molar-refractivity contribution is 7.99. The molecule has 0 saturated carbocycles. The van der Waals surface area contributed by atoms with Crippen LogP contribution in [0.1, 0.15) is 11.4 Å². The predicted molar refractivity (Wildman–Crippen MR) is 69.8 cm³/mol. The molecule has 3 heteroatoms. The molecule has 4 bridgehead atoms. The zero-order valence-corrected chi connectivity index (χ0v) is 10.4. The quantitative estimate of drug-likeness (QED) is 0.697. The lowest BCUT2D eigenvalue weighted by Gasteiger charge is -2.09. The van der Waals surface area contributed by atoms with Gasteiger partial charge in [-0.05, 0) is 30.3 Å². The number of fused-ring (bicyclic) bond motifs is 4. The van der Waals surface area contributed by atoms with E-state index in [2.05, 4.69) is 47.4 Å². The largest absolute Gasteiger partial charge is 0.256 e. The van der Waals surface area contributed by atoms with Crippen LogP contribution in [-0.4, -0.2) is 4.98 Å². The highest BCUT2D eigenvalue weighted by atomic mass is 32.2. The first kappa shape index (κ1) is 10.2. The molecule has 0 amide bonds. The Labute approximate surface area is 104 Å². The van der Waals surface area contributed by atoms with Gasteiger partial charge in [-0.3, -0.25) is 4.98 Å². The normalized spacial score (nSPS) is 14.5. The second-order valence-electron chi connectivity index (χ2n) is 3.67. The van der Waals surface area contributed by atoms with Crippen LogP contribution in [0.15, 0.2) is 52.3 Å².